The summed E-state index contributed by atoms with van der Waals surface area (Å²) in [5, 5.41) is 2.78. The van der Waals surface area contributed by atoms with Gasteiger partial charge in [0, 0.05) is 12.6 Å². The van der Waals surface area contributed by atoms with Gasteiger partial charge < -0.3 is 5.32 Å². The highest BCUT2D eigenvalue weighted by molar-refractivity contribution is 4.79. The summed E-state index contributed by atoms with van der Waals surface area (Å²) in [6.07, 6.45) is 8.23. The molecule has 0 spiro atoms. The second-order valence-electron chi connectivity index (χ2n) is 1.63. The molecule has 1 radical (unpaired) electrons. The predicted molar refractivity (Wildman–Crippen MR) is 36.0 cm³/mol. The van der Waals surface area contributed by atoms with Crippen LogP contribution in [0, 0.1) is 19.4 Å². The van der Waals surface area contributed by atoms with Crippen molar-refractivity contribution in [2.45, 2.75) is 19.3 Å². The average molecular weight is 110 g/mol. The lowest BCUT2D eigenvalue weighted by atomic mass is 10.2. The molecule has 8 heavy (non-hydrogen) atoms. The molecule has 0 fully saturated rings. The zero-order chi connectivity index (χ0) is 6.24. The summed E-state index contributed by atoms with van der Waals surface area (Å²) in [5.74, 6) is 0. The highest BCUT2D eigenvalue weighted by atomic mass is 14.8. The molecule has 0 aromatic carbocycles. The standard InChI is InChI=1S/C7H12N/c1-3-5-6-7-8-4-2/h2,8H,1,3,5-7H2. The van der Waals surface area contributed by atoms with E-state index in [0.717, 1.165) is 25.8 Å². The Labute approximate surface area is 51.5 Å². The van der Waals surface area contributed by atoms with Gasteiger partial charge in [0.25, 0.3) is 0 Å². The lowest BCUT2D eigenvalue weighted by molar-refractivity contribution is 0.712. The third-order valence-corrected chi connectivity index (χ3v) is 0.904. The lowest BCUT2D eigenvalue weighted by Crippen LogP contribution is -2.06. The van der Waals surface area contributed by atoms with Gasteiger partial charge in [-0.3, -0.25) is 0 Å². The van der Waals surface area contributed by atoms with Gasteiger partial charge in [0.2, 0.25) is 0 Å². The highest BCUT2D eigenvalue weighted by Gasteiger charge is 1.80. The van der Waals surface area contributed by atoms with Crippen molar-refractivity contribution in [1.29, 1.82) is 0 Å². The van der Waals surface area contributed by atoms with Gasteiger partial charge in [0.05, 0.1) is 0 Å². The molecule has 0 saturated carbocycles. The molecule has 0 heterocycles. The summed E-state index contributed by atoms with van der Waals surface area (Å²) < 4.78 is 0. The van der Waals surface area contributed by atoms with Crippen molar-refractivity contribution in [3.05, 3.63) is 6.92 Å². The van der Waals surface area contributed by atoms with Gasteiger partial charge >= 0.3 is 0 Å². The first-order chi connectivity index (χ1) is 3.91. The minimum Gasteiger partial charge on any atom is -0.346 e. The summed E-state index contributed by atoms with van der Waals surface area (Å²) in [6, 6.07) is 2.36. The fourth-order valence-electron chi connectivity index (χ4n) is 0.462. The summed E-state index contributed by atoms with van der Waals surface area (Å²) >= 11 is 0. The van der Waals surface area contributed by atoms with Crippen LogP contribution in [0.3, 0.4) is 0 Å². The van der Waals surface area contributed by atoms with Gasteiger partial charge in [-0.25, -0.2) is 0 Å². The number of terminal acetylenes is 1. The largest absolute Gasteiger partial charge is 0.346 e. The molecule has 0 aromatic heterocycles. The van der Waals surface area contributed by atoms with Crippen molar-refractivity contribution in [3.8, 4) is 12.5 Å². The Hall–Kier alpha value is -0.640. The van der Waals surface area contributed by atoms with E-state index in [-0.39, 0.29) is 0 Å². The van der Waals surface area contributed by atoms with E-state index in [1.807, 2.05) is 0 Å². The second kappa shape index (κ2) is 6.36. The van der Waals surface area contributed by atoms with Gasteiger partial charge in [-0.1, -0.05) is 26.2 Å². The molecule has 0 amide bonds. The van der Waals surface area contributed by atoms with Crippen LogP contribution in [0.1, 0.15) is 19.3 Å². The van der Waals surface area contributed by atoms with E-state index in [1.165, 1.54) is 0 Å². The molecule has 0 aliphatic carbocycles. The Bertz CT molecular complexity index is 70.9. The summed E-state index contributed by atoms with van der Waals surface area (Å²) in [7, 11) is 0. The van der Waals surface area contributed by atoms with Crippen LogP contribution in [0.5, 0.6) is 0 Å². The fraction of sp³-hybridized carbons (Fsp3) is 0.571. The molecule has 0 bridgehead atoms. The van der Waals surface area contributed by atoms with E-state index in [4.69, 9.17) is 6.42 Å². The predicted octanol–water partition coefficient (Wildman–Crippen LogP) is 1.17. The van der Waals surface area contributed by atoms with E-state index >= 15 is 0 Å². The molecule has 45 valence electrons. The van der Waals surface area contributed by atoms with Crippen molar-refractivity contribution in [2.75, 3.05) is 6.54 Å². The maximum absolute atomic E-state index is 4.93. The van der Waals surface area contributed by atoms with Crippen LogP contribution in [0.15, 0.2) is 0 Å². The van der Waals surface area contributed by atoms with Gasteiger partial charge in [-0.2, -0.15) is 0 Å². The first-order valence-corrected chi connectivity index (χ1v) is 2.89. The molecule has 0 aliphatic rings. The number of nitrogens with one attached hydrogen (secondary N) is 1. The molecule has 0 aliphatic heterocycles. The van der Waals surface area contributed by atoms with E-state index in [9.17, 15) is 0 Å². The third kappa shape index (κ3) is 5.36. The molecule has 0 unspecified atom stereocenters. The number of unbranched alkanes of at least 4 members (excludes halogenated alkanes) is 2. The van der Waals surface area contributed by atoms with Crippen molar-refractivity contribution >= 4 is 0 Å². The maximum atomic E-state index is 4.93. The van der Waals surface area contributed by atoms with Gasteiger partial charge in [-0.15, -0.1) is 0 Å². The summed E-state index contributed by atoms with van der Waals surface area (Å²) in [4.78, 5) is 0. The van der Waals surface area contributed by atoms with Crippen LogP contribution in [0.4, 0.5) is 0 Å². The van der Waals surface area contributed by atoms with Crippen molar-refractivity contribution in [1.82, 2.24) is 5.32 Å². The van der Waals surface area contributed by atoms with Gasteiger partial charge in [-0.05, 0) is 6.42 Å². The topological polar surface area (TPSA) is 12.0 Å². The molecule has 1 nitrogen and oxygen atoms in total. The number of rotatable bonds is 4. The van der Waals surface area contributed by atoms with Crippen molar-refractivity contribution in [2.24, 2.45) is 0 Å². The average Bonchev–Trinajstić information content (AvgIpc) is 1.81. The molecule has 1 N–H and O–H groups in total. The molecule has 0 aromatic rings. The van der Waals surface area contributed by atoms with E-state index in [0.29, 0.717) is 0 Å². The van der Waals surface area contributed by atoms with Crippen LogP contribution < -0.4 is 5.32 Å². The Morgan fingerprint density at radius 2 is 2.25 bits per heavy atom. The van der Waals surface area contributed by atoms with Crippen LogP contribution in [0.2, 0.25) is 0 Å². The van der Waals surface area contributed by atoms with Crippen LogP contribution >= 0.6 is 0 Å². The Balaban J connectivity index is 2.65. The minimum atomic E-state index is 0.923. The first kappa shape index (κ1) is 7.36. The van der Waals surface area contributed by atoms with Crippen molar-refractivity contribution < 1.29 is 0 Å². The van der Waals surface area contributed by atoms with Crippen LogP contribution in [-0.4, -0.2) is 6.54 Å². The second-order valence-corrected chi connectivity index (χ2v) is 1.63. The zero-order valence-electron chi connectivity index (χ0n) is 5.11. The Morgan fingerprint density at radius 3 is 2.75 bits per heavy atom. The van der Waals surface area contributed by atoms with E-state index < -0.39 is 0 Å². The summed E-state index contributed by atoms with van der Waals surface area (Å²) in [6.45, 7) is 4.63. The molecule has 0 rings (SSSR count). The smallest absolute Gasteiger partial charge is 0.0229 e. The minimum absolute atomic E-state index is 0.923. The fourth-order valence-corrected chi connectivity index (χ4v) is 0.462. The third-order valence-electron chi connectivity index (χ3n) is 0.904. The SMILES string of the molecule is C#CNCCCC[CH2]. The van der Waals surface area contributed by atoms with E-state index in [1.54, 1.807) is 0 Å². The van der Waals surface area contributed by atoms with Gasteiger partial charge in [0.15, 0.2) is 0 Å². The molecule has 0 atom stereocenters. The number of hydrogen-bond donors (Lipinski definition) is 1. The zero-order valence-corrected chi connectivity index (χ0v) is 5.11. The molecular formula is C7H12N. The quantitative estimate of drug-likeness (QED) is 0.325. The molecular weight excluding hydrogens is 98.1 g/mol. The molecule has 0 saturated heterocycles. The van der Waals surface area contributed by atoms with Crippen LogP contribution in [0.25, 0.3) is 0 Å². The number of hydrogen-bond acceptors (Lipinski definition) is 1. The maximum Gasteiger partial charge on any atom is 0.0229 e. The Morgan fingerprint density at radius 1 is 1.50 bits per heavy atom. The van der Waals surface area contributed by atoms with E-state index in [2.05, 4.69) is 18.3 Å². The van der Waals surface area contributed by atoms with Crippen LogP contribution in [-0.2, 0) is 0 Å². The highest BCUT2D eigenvalue weighted by Crippen LogP contribution is 1.89. The first-order valence-electron chi connectivity index (χ1n) is 2.89. The molecule has 1 heteroatoms. The van der Waals surface area contributed by atoms with Crippen molar-refractivity contribution in [3.63, 3.8) is 0 Å². The van der Waals surface area contributed by atoms with Gasteiger partial charge in [0.1, 0.15) is 0 Å². The normalized spacial score (nSPS) is 8.00. The Kier molecular flexibility index (Phi) is 5.85. The lowest BCUT2D eigenvalue weighted by Gasteiger charge is -1.93. The summed E-state index contributed by atoms with van der Waals surface area (Å²) in [5.41, 5.74) is 0. The monoisotopic (exact) mass is 110 g/mol.